The molecule has 4 rings (SSSR count). The van der Waals surface area contributed by atoms with Gasteiger partial charge in [0.05, 0.1) is 5.56 Å². The van der Waals surface area contributed by atoms with Gasteiger partial charge in [-0.1, -0.05) is 35.9 Å². The summed E-state index contributed by atoms with van der Waals surface area (Å²) in [4.78, 5) is 16.8. The molecule has 0 bridgehead atoms. The Labute approximate surface area is 194 Å². The highest BCUT2D eigenvalue weighted by Gasteiger charge is 2.30. The first kappa shape index (κ1) is 23.1. The zero-order chi connectivity index (χ0) is 23.4. The zero-order valence-electron chi connectivity index (χ0n) is 17.6. The summed E-state index contributed by atoms with van der Waals surface area (Å²) in [6.45, 7) is 3.18. The topological polar surface area (TPSA) is 50.6 Å². The van der Waals surface area contributed by atoms with Crippen LogP contribution in [0.2, 0.25) is 5.02 Å². The first-order valence-corrected chi connectivity index (χ1v) is 10.8. The van der Waals surface area contributed by atoms with Gasteiger partial charge in [-0.15, -0.1) is 0 Å². The van der Waals surface area contributed by atoms with Crippen molar-refractivity contribution >= 4 is 17.5 Å². The zero-order valence-corrected chi connectivity index (χ0v) is 18.4. The number of alkyl halides is 3. The highest BCUT2D eigenvalue weighted by Crippen LogP contribution is 2.31. The van der Waals surface area contributed by atoms with Gasteiger partial charge in [0.1, 0.15) is 5.75 Å². The first-order chi connectivity index (χ1) is 15.8. The summed E-state index contributed by atoms with van der Waals surface area (Å²) in [6, 6.07) is 13.9. The number of halogens is 4. The summed E-state index contributed by atoms with van der Waals surface area (Å²) in [7, 11) is 0. The summed E-state index contributed by atoms with van der Waals surface area (Å²) in [5.74, 6) is -0.118. The fourth-order valence-electron chi connectivity index (χ4n) is 3.59. The molecule has 0 spiro atoms. The Balaban J connectivity index is 1.29. The molecule has 0 aliphatic carbocycles. The molecule has 1 fully saturated rings. The number of benzene rings is 2. The average molecular weight is 479 g/mol. The van der Waals surface area contributed by atoms with E-state index in [1.807, 2.05) is 24.3 Å². The van der Waals surface area contributed by atoms with Gasteiger partial charge in [0.15, 0.2) is 12.4 Å². The van der Waals surface area contributed by atoms with Crippen LogP contribution in [0.1, 0.15) is 21.6 Å². The summed E-state index contributed by atoms with van der Waals surface area (Å²) in [5, 5.41) is 4.95. The van der Waals surface area contributed by atoms with E-state index in [0.29, 0.717) is 13.1 Å². The molecule has 1 amide bonds. The maximum Gasteiger partial charge on any atom is 0.416 e. The number of carbonyl (C=O) groups excluding carboxylic acids is 1. The number of carbonyl (C=O) groups is 1. The van der Waals surface area contributed by atoms with Gasteiger partial charge < -0.3 is 9.64 Å². The molecule has 1 saturated heterocycles. The number of rotatable bonds is 6. The van der Waals surface area contributed by atoms with E-state index in [1.54, 1.807) is 17.2 Å². The van der Waals surface area contributed by atoms with Crippen molar-refractivity contribution in [2.24, 2.45) is 0 Å². The van der Waals surface area contributed by atoms with E-state index >= 15 is 0 Å². The lowest BCUT2D eigenvalue weighted by Gasteiger charge is -2.34. The lowest BCUT2D eigenvalue weighted by Crippen LogP contribution is -2.48. The Hall–Kier alpha value is -3.04. The first-order valence-electron chi connectivity index (χ1n) is 10.4. The van der Waals surface area contributed by atoms with Gasteiger partial charge in [-0.05, 0) is 35.9 Å². The second kappa shape index (κ2) is 9.84. The van der Waals surface area contributed by atoms with E-state index in [-0.39, 0.29) is 24.1 Å². The molecule has 3 aromatic rings. The number of aromatic nitrogens is 2. The molecule has 0 radical (unpaired) electrons. The molecule has 1 aromatic heterocycles. The van der Waals surface area contributed by atoms with Crippen LogP contribution in [0, 0.1) is 0 Å². The molecule has 0 unspecified atom stereocenters. The third-order valence-corrected chi connectivity index (χ3v) is 5.76. The normalized spacial score (nSPS) is 15.0. The smallest absolute Gasteiger partial charge is 0.416 e. The van der Waals surface area contributed by atoms with Crippen LogP contribution in [0.5, 0.6) is 5.75 Å². The maximum atomic E-state index is 12.8. The molecule has 6 nitrogen and oxygen atoms in total. The Morgan fingerprint density at radius 2 is 1.79 bits per heavy atom. The van der Waals surface area contributed by atoms with Gasteiger partial charge in [-0.2, -0.15) is 18.3 Å². The third-order valence-electron chi connectivity index (χ3n) is 5.40. The van der Waals surface area contributed by atoms with Crippen molar-refractivity contribution in [3.63, 3.8) is 0 Å². The van der Waals surface area contributed by atoms with Crippen LogP contribution in [0.15, 0.2) is 60.8 Å². The van der Waals surface area contributed by atoms with Gasteiger partial charge in [-0.25, -0.2) is 4.68 Å². The van der Waals surface area contributed by atoms with Gasteiger partial charge in [-0.3, -0.25) is 9.69 Å². The molecule has 0 atom stereocenters. The van der Waals surface area contributed by atoms with Crippen LogP contribution in [0.25, 0.3) is 0 Å². The fraction of sp³-hybridized carbons (Fsp3) is 0.304. The van der Waals surface area contributed by atoms with E-state index in [2.05, 4.69) is 10.00 Å². The lowest BCUT2D eigenvalue weighted by atomic mass is 10.2. The second-order valence-electron chi connectivity index (χ2n) is 7.70. The Morgan fingerprint density at radius 1 is 1.03 bits per heavy atom. The van der Waals surface area contributed by atoms with Crippen molar-refractivity contribution in [3.8, 4) is 5.75 Å². The standard InChI is InChI=1S/C23H22ClF3N4O2/c24-20-7-2-1-4-17(20)15-29-10-12-30(13-11-29)22(32)21-8-9-31(28-21)16-33-19-6-3-5-18(14-19)23(25,26)27/h1-9,14H,10-13,15-16H2. The maximum absolute atomic E-state index is 12.8. The van der Waals surface area contributed by atoms with E-state index in [1.165, 1.54) is 16.8 Å². The van der Waals surface area contributed by atoms with Crippen LogP contribution in [-0.2, 0) is 19.5 Å². The summed E-state index contributed by atoms with van der Waals surface area (Å²) >= 11 is 6.24. The Kier molecular flexibility index (Phi) is 6.90. The molecule has 10 heteroatoms. The van der Waals surface area contributed by atoms with Crippen LogP contribution >= 0.6 is 11.6 Å². The monoisotopic (exact) mass is 478 g/mol. The fourth-order valence-corrected chi connectivity index (χ4v) is 3.78. The minimum atomic E-state index is -4.44. The second-order valence-corrected chi connectivity index (χ2v) is 8.11. The number of nitrogens with zero attached hydrogens (tertiary/aromatic N) is 4. The van der Waals surface area contributed by atoms with Gasteiger partial charge in [0, 0.05) is 43.9 Å². The largest absolute Gasteiger partial charge is 0.471 e. The molecule has 0 N–H and O–H groups in total. The average Bonchev–Trinajstić information content (AvgIpc) is 3.28. The predicted octanol–water partition coefficient (Wildman–Crippen LogP) is 4.55. The molecule has 174 valence electrons. The summed E-state index contributed by atoms with van der Waals surface area (Å²) in [6.07, 6.45) is -2.88. The van der Waals surface area contributed by atoms with Crippen molar-refractivity contribution in [3.05, 3.63) is 82.6 Å². The van der Waals surface area contributed by atoms with E-state index in [0.717, 1.165) is 42.4 Å². The summed E-state index contributed by atoms with van der Waals surface area (Å²) in [5.41, 5.74) is 0.533. The quantitative estimate of drug-likeness (QED) is 0.521. The molecular weight excluding hydrogens is 457 g/mol. The highest BCUT2D eigenvalue weighted by molar-refractivity contribution is 6.31. The van der Waals surface area contributed by atoms with Crippen molar-refractivity contribution < 1.29 is 22.7 Å². The molecule has 33 heavy (non-hydrogen) atoms. The Morgan fingerprint density at radius 3 is 2.52 bits per heavy atom. The highest BCUT2D eigenvalue weighted by atomic mass is 35.5. The number of hydrogen-bond donors (Lipinski definition) is 0. The van der Waals surface area contributed by atoms with Crippen LogP contribution in [0.4, 0.5) is 13.2 Å². The van der Waals surface area contributed by atoms with Crippen molar-refractivity contribution in [2.45, 2.75) is 19.5 Å². The molecule has 2 aromatic carbocycles. The van der Waals surface area contributed by atoms with Crippen LogP contribution in [0.3, 0.4) is 0 Å². The molecular formula is C23H22ClF3N4O2. The number of ether oxygens (including phenoxy) is 1. The van der Waals surface area contributed by atoms with Crippen molar-refractivity contribution in [2.75, 3.05) is 26.2 Å². The van der Waals surface area contributed by atoms with E-state index in [9.17, 15) is 18.0 Å². The predicted molar refractivity (Wildman–Crippen MR) is 117 cm³/mol. The Bertz CT molecular complexity index is 1110. The molecule has 2 heterocycles. The minimum absolute atomic E-state index is 0.0721. The molecule has 0 saturated carbocycles. The lowest BCUT2D eigenvalue weighted by molar-refractivity contribution is -0.137. The van der Waals surface area contributed by atoms with E-state index in [4.69, 9.17) is 16.3 Å². The van der Waals surface area contributed by atoms with Gasteiger partial charge in [0.2, 0.25) is 0 Å². The van der Waals surface area contributed by atoms with Crippen LogP contribution < -0.4 is 4.74 Å². The molecule has 1 aliphatic rings. The summed E-state index contributed by atoms with van der Waals surface area (Å²) < 4.78 is 45.3. The van der Waals surface area contributed by atoms with E-state index < -0.39 is 11.7 Å². The number of piperazine rings is 1. The van der Waals surface area contributed by atoms with Crippen molar-refractivity contribution in [1.29, 1.82) is 0 Å². The molecule has 1 aliphatic heterocycles. The van der Waals surface area contributed by atoms with Crippen molar-refractivity contribution in [1.82, 2.24) is 19.6 Å². The van der Waals surface area contributed by atoms with Gasteiger partial charge >= 0.3 is 6.18 Å². The van der Waals surface area contributed by atoms with Gasteiger partial charge in [0.25, 0.3) is 5.91 Å². The third kappa shape index (κ3) is 5.85. The number of hydrogen-bond acceptors (Lipinski definition) is 4. The van der Waals surface area contributed by atoms with Crippen LogP contribution in [-0.4, -0.2) is 51.7 Å². The minimum Gasteiger partial charge on any atom is -0.471 e. The number of amides is 1. The SMILES string of the molecule is O=C(c1ccn(COc2cccc(C(F)(F)F)c2)n1)N1CCN(Cc2ccccc2Cl)CC1.